The van der Waals surface area contributed by atoms with Crippen molar-refractivity contribution in [3.63, 3.8) is 0 Å². The molecule has 0 radical (unpaired) electrons. The molecule has 0 unspecified atom stereocenters. The van der Waals surface area contributed by atoms with Gasteiger partial charge in [0.15, 0.2) is 0 Å². The van der Waals surface area contributed by atoms with E-state index in [1.165, 1.54) is 0 Å². The summed E-state index contributed by atoms with van der Waals surface area (Å²) in [6, 6.07) is 0. The summed E-state index contributed by atoms with van der Waals surface area (Å²) in [5, 5.41) is 18.8. The van der Waals surface area contributed by atoms with Crippen molar-refractivity contribution in [1.82, 2.24) is 0 Å². The second-order valence-electron chi connectivity index (χ2n) is 0.971. The molecule has 0 aromatic heterocycles. The van der Waals surface area contributed by atoms with Gasteiger partial charge in [-0.25, -0.2) is 0 Å². The predicted octanol–water partition coefficient (Wildman–Crippen LogP) is -5.95. The van der Waals surface area contributed by atoms with Crippen LogP contribution in [0, 0.1) is 0 Å². The molecule has 0 atom stereocenters. The van der Waals surface area contributed by atoms with Crippen molar-refractivity contribution in [1.29, 1.82) is 0 Å². The Bertz CT molecular complexity index is 124. The molecule has 0 fully saturated rings. The van der Waals surface area contributed by atoms with E-state index in [9.17, 15) is 19.8 Å². The fourth-order valence-corrected chi connectivity index (χ4v) is 0.136. The summed E-state index contributed by atoms with van der Waals surface area (Å²) < 4.78 is 0. The molecule has 0 saturated carbocycles. The maximum Gasteiger partial charge on any atom is 1.00 e. The Balaban J connectivity index is 0. The smallest absolute Gasteiger partial charge is 0.545 e. The predicted molar refractivity (Wildman–Crippen MR) is 19.2 cm³/mol. The molecule has 0 saturated heterocycles. The van der Waals surface area contributed by atoms with Gasteiger partial charge in [-0.2, -0.15) is 0 Å². The van der Waals surface area contributed by atoms with E-state index in [4.69, 9.17) is 0 Å². The summed E-state index contributed by atoms with van der Waals surface area (Å²) in [7, 11) is 0. The van der Waals surface area contributed by atoms with E-state index in [0.29, 0.717) is 12.2 Å². The van der Waals surface area contributed by atoms with Crippen LogP contribution in [-0.2, 0) is 9.59 Å². The first-order valence-corrected chi connectivity index (χ1v) is 1.73. The molecule has 0 spiro atoms. The molecule has 0 aromatic carbocycles. The summed E-state index contributed by atoms with van der Waals surface area (Å²) in [5.74, 6) is -3.09. The molecule has 0 bridgehead atoms. The van der Waals surface area contributed by atoms with E-state index < -0.39 is 11.9 Å². The third-order valence-corrected chi connectivity index (χ3v) is 0.355. The van der Waals surface area contributed by atoms with Crippen LogP contribution in [-0.4, -0.2) is 11.9 Å². The van der Waals surface area contributed by atoms with Gasteiger partial charge in [0.2, 0.25) is 0 Å². The van der Waals surface area contributed by atoms with Gasteiger partial charge in [-0.05, 0) is 12.2 Å². The molecule has 0 aromatic rings. The Hall–Kier alpha value is -0.723. The van der Waals surface area contributed by atoms with Crippen molar-refractivity contribution >= 4 is 11.9 Å². The zero-order chi connectivity index (χ0) is 6.57. The first-order chi connectivity index (χ1) is 3.63. The van der Waals surface area contributed by atoms with Crippen LogP contribution in [0.2, 0.25) is 0 Å². The first-order valence-electron chi connectivity index (χ1n) is 1.73. The third-order valence-electron chi connectivity index (χ3n) is 0.355. The molecule has 4 nitrogen and oxygen atoms in total. The van der Waals surface area contributed by atoms with Crippen LogP contribution >= 0.6 is 0 Å². The quantitative estimate of drug-likeness (QED) is 0.269. The molecule has 0 heterocycles. The van der Waals surface area contributed by atoms with Crippen LogP contribution in [0.1, 0.15) is 0 Å². The van der Waals surface area contributed by atoms with Crippen LogP contribution in [0.3, 0.4) is 0 Å². The summed E-state index contributed by atoms with van der Waals surface area (Å²) >= 11 is 0. The van der Waals surface area contributed by atoms with Crippen LogP contribution < -0.4 is 29.1 Å². The average Bonchev–Trinajstić information content (AvgIpc) is 1.61. The van der Waals surface area contributed by atoms with Crippen molar-refractivity contribution in [2.75, 3.05) is 0 Å². The van der Waals surface area contributed by atoms with E-state index in [1.807, 2.05) is 0 Å². The Morgan fingerprint density at radius 1 is 1.00 bits per heavy atom. The van der Waals surface area contributed by atoms with Gasteiger partial charge in [0.1, 0.15) is 0 Å². The largest absolute Gasteiger partial charge is 1.00 e. The Labute approximate surface area is 63.4 Å². The van der Waals surface area contributed by atoms with Crippen molar-refractivity contribution < 1.29 is 38.7 Å². The van der Waals surface area contributed by atoms with Crippen LogP contribution in [0.15, 0.2) is 12.2 Å². The number of rotatable bonds is 2. The van der Waals surface area contributed by atoms with Crippen molar-refractivity contribution in [2.45, 2.75) is 0 Å². The minimum Gasteiger partial charge on any atom is -0.545 e. The minimum atomic E-state index is -1.55. The molecule has 0 N–H and O–H groups in total. The number of hydrogen-bond donors (Lipinski definition) is 0. The first kappa shape index (κ1) is 11.1. The van der Waals surface area contributed by atoms with Crippen molar-refractivity contribution in [2.24, 2.45) is 0 Å². The fraction of sp³-hybridized carbons (Fsp3) is 0. The van der Waals surface area contributed by atoms with Crippen LogP contribution in [0.4, 0.5) is 0 Å². The summed E-state index contributed by atoms with van der Waals surface area (Å²) in [6.07, 6.45) is 0.769. The summed E-state index contributed by atoms with van der Waals surface area (Å²) in [6.45, 7) is 0. The fourth-order valence-electron chi connectivity index (χ4n) is 0.136. The van der Waals surface area contributed by atoms with Gasteiger partial charge in [-0.3, -0.25) is 0 Å². The van der Waals surface area contributed by atoms with Gasteiger partial charge >= 0.3 is 18.9 Å². The SMILES string of the molecule is O=C([O-])C=CC(=O)[O-].[Li+]. The Morgan fingerprint density at radius 2 is 1.22 bits per heavy atom. The zero-order valence-corrected chi connectivity index (χ0v) is 4.79. The molecule has 0 aliphatic rings. The van der Waals surface area contributed by atoms with Crippen LogP contribution in [0.5, 0.6) is 0 Å². The van der Waals surface area contributed by atoms with E-state index in [2.05, 4.69) is 0 Å². The van der Waals surface area contributed by atoms with Gasteiger partial charge in [-0.15, -0.1) is 0 Å². The maximum absolute atomic E-state index is 9.41. The average molecular weight is 121 g/mol. The second-order valence-corrected chi connectivity index (χ2v) is 0.971. The number of carboxylic acid groups (broad SMARTS) is 2. The second kappa shape index (κ2) is 5.41. The summed E-state index contributed by atoms with van der Waals surface area (Å²) in [5.41, 5.74) is 0. The van der Waals surface area contributed by atoms with Gasteiger partial charge in [-0.1, -0.05) is 0 Å². The van der Waals surface area contributed by atoms with Gasteiger partial charge in [0, 0.05) is 0 Å². The monoisotopic (exact) mass is 121 g/mol. The molecule has 0 aliphatic heterocycles. The van der Waals surface area contributed by atoms with Gasteiger partial charge in [0.25, 0.3) is 0 Å². The molecule has 9 heavy (non-hydrogen) atoms. The molecular weight excluding hydrogens is 119 g/mol. The normalized spacial score (nSPS) is 8.44. The van der Waals surface area contributed by atoms with E-state index in [1.54, 1.807) is 0 Å². The molecule has 5 heteroatoms. The van der Waals surface area contributed by atoms with Crippen LogP contribution in [0.25, 0.3) is 0 Å². The third kappa shape index (κ3) is 11.1. The molecule has 0 rings (SSSR count). The number of carboxylic acids is 2. The standard InChI is InChI=1S/C4H4O4.Li/c5-3(6)1-2-4(7)8;/h1-2H,(H,5,6)(H,7,8);/q;+1/p-2. The minimum absolute atomic E-state index is 0. The molecular formula is C4H2LiO4-. The summed E-state index contributed by atoms with van der Waals surface area (Å²) in [4.78, 5) is 18.8. The Kier molecular flexibility index (Phi) is 6.69. The van der Waals surface area contributed by atoms with E-state index in [-0.39, 0.29) is 18.9 Å². The van der Waals surface area contributed by atoms with Crippen molar-refractivity contribution in [3.05, 3.63) is 12.2 Å². The number of aliphatic carboxylic acids is 2. The Morgan fingerprint density at radius 3 is 1.33 bits per heavy atom. The number of carbonyl (C=O) groups is 2. The van der Waals surface area contributed by atoms with E-state index >= 15 is 0 Å². The topological polar surface area (TPSA) is 80.3 Å². The molecule has 44 valence electrons. The van der Waals surface area contributed by atoms with Crippen molar-refractivity contribution in [3.8, 4) is 0 Å². The number of hydrogen-bond acceptors (Lipinski definition) is 4. The van der Waals surface area contributed by atoms with Gasteiger partial charge < -0.3 is 19.8 Å². The van der Waals surface area contributed by atoms with E-state index in [0.717, 1.165) is 0 Å². The molecule has 0 aliphatic carbocycles. The maximum atomic E-state index is 9.41. The molecule has 0 amide bonds. The van der Waals surface area contributed by atoms with Gasteiger partial charge in [0.05, 0.1) is 11.9 Å². The number of carbonyl (C=O) groups excluding carboxylic acids is 2. The zero-order valence-electron chi connectivity index (χ0n) is 4.79.